The predicted molar refractivity (Wildman–Crippen MR) is 95.2 cm³/mol. The van der Waals surface area contributed by atoms with Crippen LogP contribution in [0.2, 0.25) is 0 Å². The van der Waals surface area contributed by atoms with Gasteiger partial charge >= 0.3 is 0 Å². The maximum Gasteiger partial charge on any atom is 0.119 e. The number of ether oxygens (including phenoxy) is 1. The first-order valence-corrected chi connectivity index (χ1v) is 8.69. The molecule has 1 fully saturated rings. The molecule has 0 unspecified atom stereocenters. The maximum atomic E-state index is 13.9. The van der Waals surface area contributed by atoms with E-state index in [0.717, 1.165) is 24.4 Å². The van der Waals surface area contributed by atoms with Gasteiger partial charge in [0.05, 0.1) is 0 Å². The first-order chi connectivity index (χ1) is 12.2. The van der Waals surface area contributed by atoms with E-state index in [0.29, 0.717) is 26.1 Å². The van der Waals surface area contributed by atoms with Crippen LogP contribution in [0.15, 0.2) is 49.1 Å². The van der Waals surface area contributed by atoms with E-state index in [4.69, 9.17) is 4.74 Å². The summed E-state index contributed by atoms with van der Waals surface area (Å²) >= 11 is 0. The number of likely N-dealkylation sites (tertiary alicyclic amines) is 1. The first kappa shape index (κ1) is 17.8. The van der Waals surface area contributed by atoms with Crippen LogP contribution in [0.1, 0.15) is 12.0 Å². The fourth-order valence-electron chi connectivity index (χ4n) is 3.24. The summed E-state index contributed by atoms with van der Waals surface area (Å²) in [4.78, 5) is 12.5. The molecule has 1 aliphatic rings. The van der Waals surface area contributed by atoms with E-state index in [1.54, 1.807) is 12.4 Å². The smallest absolute Gasteiger partial charge is 0.119 e. The van der Waals surface area contributed by atoms with Gasteiger partial charge in [-0.15, -0.1) is 0 Å². The fourth-order valence-corrected chi connectivity index (χ4v) is 3.24. The highest BCUT2D eigenvalue weighted by Crippen LogP contribution is 2.23. The van der Waals surface area contributed by atoms with Gasteiger partial charge in [-0.3, -0.25) is 4.90 Å². The van der Waals surface area contributed by atoms with Gasteiger partial charge < -0.3 is 9.64 Å². The number of halogens is 1. The normalized spacial score (nSPS) is 20.9. The van der Waals surface area contributed by atoms with Crippen LogP contribution in [0.5, 0.6) is 5.75 Å². The number of aromatic nitrogens is 2. The third-order valence-electron chi connectivity index (χ3n) is 4.48. The average molecular weight is 344 g/mol. The lowest BCUT2D eigenvalue weighted by Gasteiger charge is -2.28. The molecule has 1 aromatic heterocycles. The summed E-state index contributed by atoms with van der Waals surface area (Å²) in [5.74, 6) is 0.881. The summed E-state index contributed by atoms with van der Waals surface area (Å²) in [6.45, 7) is 3.43. The van der Waals surface area contributed by atoms with E-state index in [1.807, 2.05) is 30.3 Å². The number of alkyl halides is 1. The van der Waals surface area contributed by atoms with Crippen LogP contribution in [0.25, 0.3) is 0 Å². The van der Waals surface area contributed by atoms with Crippen LogP contribution in [0.3, 0.4) is 0 Å². The molecule has 0 N–H and O–H groups in total. The van der Waals surface area contributed by atoms with Crippen molar-refractivity contribution in [3.05, 3.63) is 54.6 Å². The van der Waals surface area contributed by atoms with Crippen molar-refractivity contribution in [1.29, 1.82) is 0 Å². The molecule has 2 atom stereocenters. The number of likely N-dealkylation sites (N-methyl/N-ethyl adjacent to an activating group) is 1. The monoisotopic (exact) mass is 344 g/mol. The minimum atomic E-state index is -0.761. The number of para-hydroxylation sites is 1. The zero-order valence-corrected chi connectivity index (χ0v) is 14.6. The van der Waals surface area contributed by atoms with E-state index < -0.39 is 6.17 Å². The molecule has 1 saturated heterocycles. The lowest BCUT2D eigenvalue weighted by atomic mass is 10.2. The van der Waals surface area contributed by atoms with E-state index in [1.165, 1.54) is 6.33 Å². The Balaban J connectivity index is 1.46. The molecule has 0 aliphatic carbocycles. The van der Waals surface area contributed by atoms with Crippen molar-refractivity contribution < 1.29 is 9.13 Å². The van der Waals surface area contributed by atoms with Gasteiger partial charge in [-0.2, -0.15) is 0 Å². The molecule has 6 heteroatoms. The van der Waals surface area contributed by atoms with Crippen molar-refractivity contribution in [1.82, 2.24) is 19.8 Å². The molecule has 0 spiro atoms. The van der Waals surface area contributed by atoms with Crippen LogP contribution in [-0.4, -0.2) is 65.3 Å². The van der Waals surface area contributed by atoms with Crippen molar-refractivity contribution in [3.8, 4) is 5.75 Å². The van der Waals surface area contributed by atoms with Gasteiger partial charge in [0.2, 0.25) is 0 Å². The molecule has 5 nitrogen and oxygen atoms in total. The summed E-state index contributed by atoms with van der Waals surface area (Å²) in [6, 6.07) is 10.0. The van der Waals surface area contributed by atoms with Gasteiger partial charge in [0, 0.05) is 50.2 Å². The Morgan fingerprint density at radius 3 is 2.76 bits per heavy atom. The molecule has 0 saturated carbocycles. The number of rotatable bonds is 8. The quantitative estimate of drug-likeness (QED) is 0.736. The fraction of sp³-hybridized carbons (Fsp3) is 0.474. The van der Waals surface area contributed by atoms with Crippen LogP contribution in [0, 0.1) is 0 Å². The van der Waals surface area contributed by atoms with Crippen LogP contribution < -0.4 is 4.74 Å². The summed E-state index contributed by atoms with van der Waals surface area (Å²) in [5, 5.41) is 0. The highest BCUT2D eigenvalue weighted by atomic mass is 19.1. The lowest BCUT2D eigenvalue weighted by molar-refractivity contribution is 0.167. The van der Waals surface area contributed by atoms with Gasteiger partial charge in [-0.25, -0.2) is 14.4 Å². The molecule has 1 aliphatic heterocycles. The SMILES string of the molecule is CN(CCOc1ccccc1)C[C@@H]1C[C@H](F)CN1Cc1cncnc1. The summed E-state index contributed by atoms with van der Waals surface area (Å²) in [7, 11) is 2.06. The number of hydrogen-bond acceptors (Lipinski definition) is 5. The number of benzene rings is 1. The molecule has 2 heterocycles. The second kappa shape index (κ2) is 8.87. The summed E-state index contributed by atoms with van der Waals surface area (Å²) in [6.07, 6.45) is 4.93. The van der Waals surface area contributed by atoms with E-state index in [-0.39, 0.29) is 6.04 Å². The van der Waals surface area contributed by atoms with Crippen LogP contribution >= 0.6 is 0 Å². The highest BCUT2D eigenvalue weighted by Gasteiger charge is 2.32. The van der Waals surface area contributed by atoms with Gasteiger partial charge in [-0.05, 0) is 25.6 Å². The summed E-state index contributed by atoms with van der Waals surface area (Å²) < 4.78 is 19.7. The molecular weight excluding hydrogens is 319 g/mol. The zero-order chi connectivity index (χ0) is 17.5. The molecule has 0 bridgehead atoms. The lowest BCUT2D eigenvalue weighted by Crippen LogP contribution is -2.39. The third kappa shape index (κ3) is 5.47. The minimum absolute atomic E-state index is 0.205. The Morgan fingerprint density at radius 2 is 2.00 bits per heavy atom. The molecular formula is C19H25FN4O. The van der Waals surface area contributed by atoms with Crippen molar-refractivity contribution in [2.24, 2.45) is 0 Å². The van der Waals surface area contributed by atoms with Crippen molar-refractivity contribution in [3.63, 3.8) is 0 Å². The predicted octanol–water partition coefficient (Wildman–Crippen LogP) is 2.40. The van der Waals surface area contributed by atoms with Crippen LogP contribution in [0.4, 0.5) is 4.39 Å². The Hall–Kier alpha value is -2.05. The van der Waals surface area contributed by atoms with E-state index in [9.17, 15) is 4.39 Å². The topological polar surface area (TPSA) is 41.5 Å². The average Bonchev–Trinajstić information content (AvgIpc) is 2.95. The van der Waals surface area contributed by atoms with E-state index in [2.05, 4.69) is 26.8 Å². The van der Waals surface area contributed by atoms with Gasteiger partial charge in [0.25, 0.3) is 0 Å². The molecule has 1 aromatic carbocycles. The van der Waals surface area contributed by atoms with Gasteiger partial charge in [0.1, 0.15) is 24.9 Å². The first-order valence-electron chi connectivity index (χ1n) is 8.69. The molecule has 0 amide bonds. The standard InChI is InChI=1S/C19H25FN4O/c1-23(7-8-25-19-5-3-2-4-6-19)14-18-9-17(20)13-24(18)12-16-10-21-15-22-11-16/h2-6,10-11,15,17-18H,7-9,12-14H2,1H3/t17-,18-/m0/s1. The second-order valence-corrected chi connectivity index (χ2v) is 6.59. The largest absolute Gasteiger partial charge is 0.492 e. The molecule has 25 heavy (non-hydrogen) atoms. The van der Waals surface area contributed by atoms with Crippen molar-refractivity contribution >= 4 is 0 Å². The van der Waals surface area contributed by atoms with Crippen molar-refractivity contribution in [2.45, 2.75) is 25.2 Å². The Kier molecular flexibility index (Phi) is 6.30. The molecule has 2 aromatic rings. The van der Waals surface area contributed by atoms with E-state index >= 15 is 0 Å². The zero-order valence-electron chi connectivity index (χ0n) is 14.6. The second-order valence-electron chi connectivity index (χ2n) is 6.59. The number of hydrogen-bond donors (Lipinski definition) is 0. The molecule has 0 radical (unpaired) electrons. The number of nitrogens with zero attached hydrogens (tertiary/aromatic N) is 4. The maximum absolute atomic E-state index is 13.9. The summed E-state index contributed by atoms with van der Waals surface area (Å²) in [5.41, 5.74) is 1.02. The Morgan fingerprint density at radius 1 is 1.24 bits per heavy atom. The van der Waals surface area contributed by atoms with Gasteiger partial charge in [0.15, 0.2) is 0 Å². The highest BCUT2D eigenvalue weighted by molar-refractivity contribution is 5.20. The molecule has 134 valence electrons. The Labute approximate surface area is 148 Å². The third-order valence-corrected chi connectivity index (χ3v) is 4.48. The van der Waals surface area contributed by atoms with Crippen LogP contribution in [-0.2, 0) is 6.54 Å². The molecule has 3 rings (SSSR count). The van der Waals surface area contributed by atoms with Gasteiger partial charge in [-0.1, -0.05) is 18.2 Å². The van der Waals surface area contributed by atoms with Crippen molar-refractivity contribution in [2.75, 3.05) is 33.3 Å². The Bertz CT molecular complexity index is 628. The minimum Gasteiger partial charge on any atom is -0.492 e.